The van der Waals surface area contributed by atoms with Crippen LogP contribution in [0.15, 0.2) is 18.3 Å². The van der Waals surface area contributed by atoms with Crippen molar-refractivity contribution in [2.45, 2.75) is 37.6 Å². The summed E-state index contributed by atoms with van der Waals surface area (Å²) in [6, 6.07) is 3.83. The molecule has 0 bridgehead atoms. The molecule has 3 fully saturated rings. The molecule has 1 aromatic rings. The highest BCUT2D eigenvalue weighted by atomic mass is 16.5. The van der Waals surface area contributed by atoms with Crippen molar-refractivity contribution in [3.63, 3.8) is 0 Å². The molecule has 7 heteroatoms. The van der Waals surface area contributed by atoms with Crippen LogP contribution in [0.25, 0.3) is 0 Å². The van der Waals surface area contributed by atoms with Crippen LogP contribution in [0, 0.1) is 0 Å². The predicted molar refractivity (Wildman–Crippen MR) is 108 cm³/mol. The first-order valence-electron chi connectivity index (χ1n) is 10.7. The summed E-state index contributed by atoms with van der Waals surface area (Å²) < 4.78 is 10.9. The molecule has 0 radical (unpaired) electrons. The molecule has 1 amide bonds. The van der Waals surface area contributed by atoms with E-state index in [2.05, 4.69) is 20.1 Å². The SMILES string of the molecule is O=C(NCC1(N2CCOCC2)CCCCC1)c1ccc(N2CCOCC2)nc1. The standard InChI is InChI=1S/C21H32N4O3/c26-20(18-4-5-19(22-16-18)24-8-12-27-13-9-24)23-17-21(6-2-1-3-7-21)25-10-14-28-15-11-25/h4-5,16H,1-3,6-15,17H2,(H,23,26). The highest BCUT2D eigenvalue weighted by Crippen LogP contribution is 2.34. The smallest absolute Gasteiger partial charge is 0.252 e. The maximum absolute atomic E-state index is 12.8. The third-order valence-corrected chi connectivity index (χ3v) is 6.39. The summed E-state index contributed by atoms with van der Waals surface area (Å²) in [5.74, 6) is 0.885. The Morgan fingerprint density at radius 1 is 1.00 bits per heavy atom. The second-order valence-corrected chi connectivity index (χ2v) is 8.07. The van der Waals surface area contributed by atoms with E-state index in [0.717, 1.165) is 71.3 Å². The van der Waals surface area contributed by atoms with Gasteiger partial charge < -0.3 is 19.7 Å². The van der Waals surface area contributed by atoms with E-state index >= 15 is 0 Å². The topological polar surface area (TPSA) is 66.9 Å². The molecule has 1 aromatic heterocycles. The average Bonchev–Trinajstić information content (AvgIpc) is 2.79. The number of hydrogen-bond acceptors (Lipinski definition) is 6. The molecule has 1 N–H and O–H groups in total. The molecule has 1 aliphatic carbocycles. The van der Waals surface area contributed by atoms with Crippen LogP contribution in [0.5, 0.6) is 0 Å². The molecule has 3 aliphatic rings. The fourth-order valence-electron chi connectivity index (χ4n) is 4.70. The van der Waals surface area contributed by atoms with Gasteiger partial charge in [-0.1, -0.05) is 19.3 Å². The van der Waals surface area contributed by atoms with Gasteiger partial charge >= 0.3 is 0 Å². The van der Waals surface area contributed by atoms with Crippen molar-refractivity contribution in [3.05, 3.63) is 23.9 Å². The van der Waals surface area contributed by atoms with Gasteiger partial charge in [0.2, 0.25) is 0 Å². The largest absolute Gasteiger partial charge is 0.379 e. The molecule has 2 saturated heterocycles. The minimum absolute atomic E-state index is 0.0285. The summed E-state index contributed by atoms with van der Waals surface area (Å²) in [4.78, 5) is 22.0. The molecular formula is C21H32N4O3. The van der Waals surface area contributed by atoms with Crippen LogP contribution in [0.4, 0.5) is 5.82 Å². The highest BCUT2D eigenvalue weighted by molar-refractivity contribution is 5.94. The highest BCUT2D eigenvalue weighted by Gasteiger charge is 2.38. The molecular weight excluding hydrogens is 356 g/mol. The van der Waals surface area contributed by atoms with Gasteiger partial charge in [-0.05, 0) is 25.0 Å². The lowest BCUT2D eigenvalue weighted by molar-refractivity contribution is -0.0361. The number of nitrogens with zero attached hydrogens (tertiary/aromatic N) is 3. The average molecular weight is 389 g/mol. The summed E-state index contributed by atoms with van der Waals surface area (Å²) in [5, 5.41) is 3.21. The fourth-order valence-corrected chi connectivity index (χ4v) is 4.70. The second kappa shape index (κ2) is 9.20. The number of amides is 1. The van der Waals surface area contributed by atoms with Gasteiger partial charge in [-0.2, -0.15) is 0 Å². The number of carbonyl (C=O) groups excluding carboxylic acids is 1. The molecule has 1 saturated carbocycles. The second-order valence-electron chi connectivity index (χ2n) is 8.07. The van der Waals surface area contributed by atoms with E-state index < -0.39 is 0 Å². The lowest BCUT2D eigenvalue weighted by Crippen LogP contribution is -2.59. The Morgan fingerprint density at radius 3 is 2.32 bits per heavy atom. The van der Waals surface area contributed by atoms with Gasteiger partial charge in [-0.25, -0.2) is 4.98 Å². The quantitative estimate of drug-likeness (QED) is 0.828. The van der Waals surface area contributed by atoms with Gasteiger partial charge in [0.25, 0.3) is 5.91 Å². The Labute approximate surface area is 167 Å². The van der Waals surface area contributed by atoms with Crippen LogP contribution in [0.3, 0.4) is 0 Å². The summed E-state index contributed by atoms with van der Waals surface area (Å²) in [6.07, 6.45) is 7.78. The number of aromatic nitrogens is 1. The number of rotatable bonds is 5. The van der Waals surface area contributed by atoms with Gasteiger partial charge in [0.05, 0.1) is 32.0 Å². The van der Waals surface area contributed by atoms with E-state index in [4.69, 9.17) is 9.47 Å². The number of morpholine rings is 2. The lowest BCUT2D eigenvalue weighted by Gasteiger charge is -2.48. The van der Waals surface area contributed by atoms with E-state index in [1.54, 1.807) is 6.20 Å². The predicted octanol–water partition coefficient (Wildman–Crippen LogP) is 1.68. The first-order valence-corrected chi connectivity index (χ1v) is 10.7. The third-order valence-electron chi connectivity index (χ3n) is 6.39. The molecule has 0 atom stereocenters. The minimum Gasteiger partial charge on any atom is -0.379 e. The maximum atomic E-state index is 12.8. The number of pyridine rings is 1. The van der Waals surface area contributed by atoms with Crippen molar-refractivity contribution in [1.29, 1.82) is 0 Å². The van der Waals surface area contributed by atoms with Crippen LogP contribution >= 0.6 is 0 Å². The summed E-state index contributed by atoms with van der Waals surface area (Å²) in [6.45, 7) is 7.38. The molecule has 2 aliphatic heterocycles. The zero-order valence-electron chi connectivity index (χ0n) is 16.7. The van der Waals surface area contributed by atoms with Gasteiger partial charge in [0.1, 0.15) is 5.82 Å². The molecule has 154 valence electrons. The van der Waals surface area contributed by atoms with Crippen molar-refractivity contribution in [1.82, 2.24) is 15.2 Å². The van der Waals surface area contributed by atoms with Gasteiger partial charge in [0.15, 0.2) is 0 Å². The Balaban J connectivity index is 1.37. The van der Waals surface area contributed by atoms with Crippen molar-refractivity contribution in [2.24, 2.45) is 0 Å². The van der Waals surface area contributed by atoms with E-state index in [1.165, 1.54) is 19.3 Å². The Hall–Kier alpha value is -1.70. The molecule has 0 spiro atoms. The zero-order chi connectivity index (χ0) is 19.2. The van der Waals surface area contributed by atoms with Gasteiger partial charge in [-0.15, -0.1) is 0 Å². The summed E-state index contributed by atoms with van der Waals surface area (Å²) in [7, 11) is 0. The van der Waals surface area contributed by atoms with Crippen molar-refractivity contribution < 1.29 is 14.3 Å². The van der Waals surface area contributed by atoms with Crippen LogP contribution in [0.2, 0.25) is 0 Å². The zero-order valence-corrected chi connectivity index (χ0v) is 16.7. The van der Waals surface area contributed by atoms with Gasteiger partial charge in [0, 0.05) is 44.5 Å². The van der Waals surface area contributed by atoms with Crippen LogP contribution in [-0.2, 0) is 9.47 Å². The lowest BCUT2D eigenvalue weighted by atomic mass is 9.79. The van der Waals surface area contributed by atoms with Crippen molar-refractivity contribution in [3.8, 4) is 0 Å². The molecule has 3 heterocycles. The van der Waals surface area contributed by atoms with E-state index in [-0.39, 0.29) is 11.4 Å². The van der Waals surface area contributed by atoms with Crippen LogP contribution in [-0.4, -0.2) is 80.5 Å². The summed E-state index contributed by atoms with van der Waals surface area (Å²) >= 11 is 0. The number of ether oxygens (including phenoxy) is 2. The first-order chi connectivity index (χ1) is 13.8. The van der Waals surface area contributed by atoms with Gasteiger partial charge in [-0.3, -0.25) is 9.69 Å². The monoisotopic (exact) mass is 388 g/mol. The van der Waals surface area contributed by atoms with Crippen molar-refractivity contribution in [2.75, 3.05) is 64.1 Å². The first kappa shape index (κ1) is 19.6. The Morgan fingerprint density at radius 2 is 1.68 bits per heavy atom. The molecule has 0 unspecified atom stereocenters. The van der Waals surface area contributed by atoms with E-state index in [0.29, 0.717) is 12.1 Å². The minimum atomic E-state index is -0.0285. The molecule has 0 aromatic carbocycles. The third kappa shape index (κ3) is 4.47. The number of hydrogen-bond donors (Lipinski definition) is 1. The molecule has 28 heavy (non-hydrogen) atoms. The fraction of sp³-hybridized carbons (Fsp3) is 0.714. The van der Waals surface area contributed by atoms with E-state index in [1.807, 2.05) is 12.1 Å². The van der Waals surface area contributed by atoms with Crippen LogP contribution in [0.1, 0.15) is 42.5 Å². The van der Waals surface area contributed by atoms with E-state index in [9.17, 15) is 4.79 Å². The normalized spacial score (nSPS) is 23.4. The Bertz CT molecular complexity index is 634. The summed E-state index contributed by atoms with van der Waals surface area (Å²) in [5.41, 5.74) is 0.712. The maximum Gasteiger partial charge on any atom is 0.252 e. The number of nitrogens with one attached hydrogen (secondary N) is 1. The van der Waals surface area contributed by atoms with Crippen molar-refractivity contribution >= 4 is 11.7 Å². The molecule has 7 nitrogen and oxygen atoms in total. The Kier molecular flexibility index (Phi) is 6.44. The number of carbonyl (C=O) groups is 1. The number of anilines is 1. The molecule has 4 rings (SSSR count). The van der Waals surface area contributed by atoms with Crippen LogP contribution < -0.4 is 10.2 Å².